The highest BCUT2D eigenvalue weighted by Gasteiger charge is 2.77. The second-order valence-electron chi connectivity index (χ2n) is 10.3. The second-order valence-corrected chi connectivity index (χ2v) is 10.9. The van der Waals surface area contributed by atoms with Crippen molar-refractivity contribution < 1.29 is 28.3 Å². The van der Waals surface area contributed by atoms with Crippen LogP contribution in [0.25, 0.3) is 0 Å². The number of hydrogen-bond acceptors (Lipinski definition) is 5. The van der Waals surface area contributed by atoms with Crippen LogP contribution in [0.2, 0.25) is 0 Å². The van der Waals surface area contributed by atoms with Gasteiger partial charge in [-0.1, -0.05) is 48.4 Å². The molecule has 0 bridgehead atoms. The number of rotatable bonds is 4. The maximum absolute atomic E-state index is 17.1. The Morgan fingerprint density at radius 3 is 2.56 bits per heavy atom. The number of alkyl halides is 2. The van der Waals surface area contributed by atoms with Crippen molar-refractivity contribution in [1.29, 1.82) is 0 Å². The molecule has 0 N–H and O–H groups in total. The summed E-state index contributed by atoms with van der Waals surface area (Å²) in [5.74, 6) is -2.80. The summed E-state index contributed by atoms with van der Waals surface area (Å²) in [4.78, 5) is 51.5. The van der Waals surface area contributed by atoms with Gasteiger partial charge in [-0.15, -0.1) is 0 Å². The van der Waals surface area contributed by atoms with E-state index in [1.807, 2.05) is 13.8 Å². The van der Waals surface area contributed by atoms with E-state index in [1.54, 1.807) is 19.9 Å². The maximum Gasteiger partial charge on any atom is 0.306 e. The summed E-state index contributed by atoms with van der Waals surface area (Å²) in [6.07, 6.45) is 5.74. The van der Waals surface area contributed by atoms with Crippen LogP contribution in [-0.2, 0) is 23.9 Å². The molecule has 174 valence electrons. The van der Waals surface area contributed by atoms with Gasteiger partial charge in [0.2, 0.25) is 0 Å². The lowest BCUT2D eigenvalue weighted by molar-refractivity contribution is -0.201. The Labute approximate surface area is 196 Å². The van der Waals surface area contributed by atoms with Crippen molar-refractivity contribution in [3.05, 3.63) is 23.8 Å². The van der Waals surface area contributed by atoms with Crippen LogP contribution in [0.4, 0.5) is 4.39 Å². The molecule has 5 nitrogen and oxygen atoms in total. The van der Waals surface area contributed by atoms with Crippen LogP contribution in [0.5, 0.6) is 0 Å². The molecule has 0 aliphatic heterocycles. The minimum absolute atomic E-state index is 0.00821. The minimum atomic E-state index is -2.17. The molecule has 0 aromatic rings. The van der Waals surface area contributed by atoms with Crippen LogP contribution >= 0.6 is 15.9 Å². The molecule has 7 atom stereocenters. The molecule has 4 rings (SSSR count). The fourth-order valence-corrected chi connectivity index (χ4v) is 7.90. The number of Topliss-reactive ketones (excluding diaryl/α,β-unsaturated/α-hetero) is 2. The molecule has 0 amide bonds. The molecule has 0 heterocycles. The lowest BCUT2D eigenvalue weighted by Gasteiger charge is -2.59. The van der Waals surface area contributed by atoms with E-state index in [4.69, 9.17) is 4.74 Å². The minimum Gasteiger partial charge on any atom is -0.450 e. The Bertz CT molecular complexity index is 971. The van der Waals surface area contributed by atoms with E-state index in [1.165, 1.54) is 12.2 Å². The molecule has 0 saturated heterocycles. The first-order valence-electron chi connectivity index (χ1n) is 11.4. The van der Waals surface area contributed by atoms with Gasteiger partial charge in [0.05, 0.1) is 5.33 Å². The second kappa shape index (κ2) is 7.44. The Morgan fingerprint density at radius 2 is 1.94 bits per heavy atom. The van der Waals surface area contributed by atoms with Crippen molar-refractivity contribution in [3.8, 4) is 0 Å². The Hall–Kier alpha value is -1.63. The standard InChI is InChI=1S/C25H30BrFO5/c1-5-21(31)32-25(20(30)13-26)14(2)10-18-17-7-6-15-11-16(28)8-9-22(15,3)24(17,27)19(29)12-23(18,25)4/h8-9,11,14,17-18H,5-7,10,12-13H2,1-4H3. The lowest BCUT2D eigenvalue weighted by Crippen LogP contribution is -2.68. The molecule has 32 heavy (non-hydrogen) atoms. The predicted molar refractivity (Wildman–Crippen MR) is 120 cm³/mol. The van der Waals surface area contributed by atoms with E-state index in [2.05, 4.69) is 15.9 Å². The molecular weight excluding hydrogens is 479 g/mol. The fraction of sp³-hybridized carbons (Fsp3) is 0.680. The number of carbonyl (C=O) groups is 4. The zero-order chi connectivity index (χ0) is 23.7. The first-order valence-corrected chi connectivity index (χ1v) is 12.5. The third-order valence-electron chi connectivity index (χ3n) is 9.04. The van der Waals surface area contributed by atoms with Crippen molar-refractivity contribution in [2.24, 2.45) is 28.6 Å². The monoisotopic (exact) mass is 508 g/mol. The van der Waals surface area contributed by atoms with Gasteiger partial charge in [-0.05, 0) is 44.3 Å². The average molecular weight is 509 g/mol. The quantitative estimate of drug-likeness (QED) is 0.413. The molecule has 7 heteroatoms. The average Bonchev–Trinajstić information content (AvgIpc) is 2.96. The summed E-state index contributed by atoms with van der Waals surface area (Å²) in [7, 11) is 0. The number of esters is 1. The summed E-state index contributed by atoms with van der Waals surface area (Å²) in [6.45, 7) is 7.07. The Kier molecular flexibility index (Phi) is 5.47. The van der Waals surface area contributed by atoms with Crippen LogP contribution < -0.4 is 0 Å². The van der Waals surface area contributed by atoms with Crippen molar-refractivity contribution in [1.82, 2.24) is 0 Å². The van der Waals surface area contributed by atoms with Crippen LogP contribution in [0, 0.1) is 28.6 Å². The van der Waals surface area contributed by atoms with Crippen LogP contribution in [0.1, 0.15) is 59.8 Å². The summed E-state index contributed by atoms with van der Waals surface area (Å²) >= 11 is 3.25. The van der Waals surface area contributed by atoms with E-state index in [-0.39, 0.29) is 41.6 Å². The molecule has 4 aliphatic carbocycles. The third-order valence-corrected chi connectivity index (χ3v) is 9.55. The third kappa shape index (κ3) is 2.66. The van der Waals surface area contributed by atoms with Gasteiger partial charge in [0.15, 0.2) is 28.6 Å². The lowest BCUT2D eigenvalue weighted by atomic mass is 9.45. The normalized spacial score (nSPS) is 44.9. The van der Waals surface area contributed by atoms with E-state index >= 15 is 4.39 Å². The van der Waals surface area contributed by atoms with Gasteiger partial charge in [0, 0.05) is 35.5 Å². The highest BCUT2D eigenvalue weighted by molar-refractivity contribution is 9.09. The summed E-state index contributed by atoms with van der Waals surface area (Å²) in [6, 6.07) is 0. The zero-order valence-corrected chi connectivity index (χ0v) is 20.6. The van der Waals surface area contributed by atoms with E-state index in [0.29, 0.717) is 24.8 Å². The number of carbonyl (C=O) groups excluding carboxylic acids is 4. The largest absolute Gasteiger partial charge is 0.450 e. The predicted octanol–water partition coefficient (Wildman–Crippen LogP) is 4.47. The smallest absolute Gasteiger partial charge is 0.306 e. The topological polar surface area (TPSA) is 77.5 Å². The zero-order valence-electron chi connectivity index (χ0n) is 19.0. The van der Waals surface area contributed by atoms with Gasteiger partial charge < -0.3 is 4.74 Å². The highest BCUT2D eigenvalue weighted by atomic mass is 79.9. The van der Waals surface area contributed by atoms with Gasteiger partial charge >= 0.3 is 5.97 Å². The van der Waals surface area contributed by atoms with Gasteiger partial charge in [-0.25, -0.2) is 4.39 Å². The Morgan fingerprint density at radius 1 is 1.25 bits per heavy atom. The molecule has 0 spiro atoms. The molecule has 0 aromatic heterocycles. The van der Waals surface area contributed by atoms with Crippen molar-refractivity contribution in [2.75, 3.05) is 5.33 Å². The molecule has 3 fully saturated rings. The molecular formula is C25H30BrFO5. The van der Waals surface area contributed by atoms with Crippen LogP contribution in [-0.4, -0.2) is 39.9 Å². The SMILES string of the molecule is CCC(=O)OC1(C(=O)CBr)C(C)CC2C3CCC4=CC(=O)C=CC4(C)C3(F)C(=O)CC21C. The Balaban J connectivity index is 1.86. The van der Waals surface area contributed by atoms with E-state index < -0.39 is 39.8 Å². The number of ketones is 3. The van der Waals surface area contributed by atoms with Crippen molar-refractivity contribution in [3.63, 3.8) is 0 Å². The van der Waals surface area contributed by atoms with Crippen LogP contribution in [0.15, 0.2) is 23.8 Å². The molecule has 3 saturated carbocycles. The molecule has 4 aliphatic rings. The first-order chi connectivity index (χ1) is 14.9. The molecule has 0 radical (unpaired) electrons. The molecule has 7 unspecified atom stereocenters. The number of allylic oxidation sites excluding steroid dienone is 4. The summed E-state index contributed by atoms with van der Waals surface area (Å²) in [5, 5.41) is -0.00821. The van der Waals surface area contributed by atoms with Crippen molar-refractivity contribution in [2.45, 2.75) is 71.1 Å². The highest BCUT2D eigenvalue weighted by Crippen LogP contribution is 2.70. The number of fused-ring (bicyclic) bond motifs is 5. The summed E-state index contributed by atoms with van der Waals surface area (Å²) < 4.78 is 23.0. The van der Waals surface area contributed by atoms with E-state index in [0.717, 1.165) is 0 Å². The first kappa shape index (κ1) is 23.5. The van der Waals surface area contributed by atoms with Gasteiger partial charge in [0.25, 0.3) is 0 Å². The van der Waals surface area contributed by atoms with Crippen LogP contribution in [0.3, 0.4) is 0 Å². The van der Waals surface area contributed by atoms with Crippen molar-refractivity contribution >= 4 is 39.2 Å². The number of halogens is 2. The molecule has 0 aromatic carbocycles. The van der Waals surface area contributed by atoms with Gasteiger partial charge in [0.1, 0.15) is 0 Å². The fourth-order valence-electron chi connectivity index (χ4n) is 7.48. The maximum atomic E-state index is 17.1. The van der Waals surface area contributed by atoms with E-state index in [9.17, 15) is 19.2 Å². The van der Waals surface area contributed by atoms with Gasteiger partial charge in [-0.2, -0.15) is 0 Å². The number of ether oxygens (including phenoxy) is 1. The van der Waals surface area contributed by atoms with Gasteiger partial charge in [-0.3, -0.25) is 19.2 Å². The summed E-state index contributed by atoms with van der Waals surface area (Å²) in [5.41, 5.74) is -5.16. The number of hydrogen-bond donors (Lipinski definition) is 0.